The second-order valence-electron chi connectivity index (χ2n) is 3.95. The van der Waals surface area contributed by atoms with E-state index < -0.39 is 11.4 Å². The fourth-order valence-corrected chi connectivity index (χ4v) is 1.72. The van der Waals surface area contributed by atoms with Gasteiger partial charge in [-0.05, 0) is 18.9 Å². The van der Waals surface area contributed by atoms with E-state index in [1.165, 1.54) is 51.2 Å². The molecule has 0 heterocycles. The fraction of sp³-hybridized carbons (Fsp3) is 0.833. The lowest BCUT2D eigenvalue weighted by Crippen LogP contribution is -1.85. The van der Waals surface area contributed by atoms with Crippen molar-refractivity contribution in [2.24, 2.45) is 0 Å². The smallest absolute Gasteiger partial charge is 0.356 e. The predicted molar refractivity (Wildman–Crippen MR) is 68.2 cm³/mol. The SMILES string of the molecule is CCCCCCCCCCC=COS(=O)O. The highest BCUT2D eigenvalue weighted by Crippen LogP contribution is 2.09. The molecule has 0 spiro atoms. The highest BCUT2D eigenvalue weighted by molar-refractivity contribution is 7.74. The van der Waals surface area contributed by atoms with Crippen LogP contribution in [0, 0.1) is 0 Å². The molecule has 0 amide bonds. The van der Waals surface area contributed by atoms with Gasteiger partial charge in [-0.2, -0.15) is 4.21 Å². The first-order chi connectivity index (χ1) is 7.77. The van der Waals surface area contributed by atoms with E-state index in [4.69, 9.17) is 4.55 Å². The van der Waals surface area contributed by atoms with Gasteiger partial charge in [0.15, 0.2) is 0 Å². The van der Waals surface area contributed by atoms with Crippen LogP contribution < -0.4 is 0 Å². The van der Waals surface area contributed by atoms with Crippen LogP contribution in [0.4, 0.5) is 0 Å². The molecule has 96 valence electrons. The van der Waals surface area contributed by atoms with Crippen molar-refractivity contribution in [1.82, 2.24) is 0 Å². The van der Waals surface area contributed by atoms with Gasteiger partial charge in [0.25, 0.3) is 0 Å². The van der Waals surface area contributed by atoms with Crippen molar-refractivity contribution in [3.8, 4) is 0 Å². The Morgan fingerprint density at radius 3 is 2.19 bits per heavy atom. The van der Waals surface area contributed by atoms with Crippen LogP contribution >= 0.6 is 0 Å². The third-order valence-corrected chi connectivity index (χ3v) is 2.73. The number of rotatable bonds is 11. The molecule has 1 N–H and O–H groups in total. The fourth-order valence-electron chi connectivity index (χ4n) is 1.55. The standard InChI is InChI=1S/C12H24O3S/c1-2-3-4-5-6-7-8-9-10-11-12-15-16(13)14/h11-12H,2-10H2,1H3,(H,13,14). The molecule has 0 aromatic heterocycles. The Morgan fingerprint density at radius 2 is 1.62 bits per heavy atom. The third kappa shape index (κ3) is 13.7. The second kappa shape index (κ2) is 12.7. The van der Waals surface area contributed by atoms with Crippen LogP contribution in [-0.2, 0) is 15.5 Å². The van der Waals surface area contributed by atoms with Crippen molar-refractivity contribution in [3.63, 3.8) is 0 Å². The minimum absolute atomic E-state index is 0.923. The van der Waals surface area contributed by atoms with Gasteiger partial charge >= 0.3 is 11.4 Å². The van der Waals surface area contributed by atoms with Crippen LogP contribution in [0.1, 0.15) is 64.7 Å². The van der Waals surface area contributed by atoms with E-state index >= 15 is 0 Å². The van der Waals surface area contributed by atoms with Crippen molar-refractivity contribution >= 4 is 11.4 Å². The van der Waals surface area contributed by atoms with E-state index in [9.17, 15) is 4.21 Å². The molecule has 0 fully saturated rings. The van der Waals surface area contributed by atoms with Crippen molar-refractivity contribution in [2.75, 3.05) is 0 Å². The molecule has 0 saturated heterocycles. The molecule has 0 aliphatic carbocycles. The highest BCUT2D eigenvalue weighted by atomic mass is 32.2. The van der Waals surface area contributed by atoms with E-state index in [0.717, 1.165) is 12.8 Å². The van der Waals surface area contributed by atoms with Gasteiger partial charge in [-0.1, -0.05) is 51.9 Å². The van der Waals surface area contributed by atoms with Crippen LogP contribution in [0.2, 0.25) is 0 Å². The molecule has 4 heteroatoms. The summed E-state index contributed by atoms with van der Waals surface area (Å²) in [6, 6.07) is 0. The largest absolute Gasteiger partial charge is 0.388 e. The molecule has 0 saturated carbocycles. The molecule has 0 aliphatic rings. The summed E-state index contributed by atoms with van der Waals surface area (Å²) < 4.78 is 22.8. The summed E-state index contributed by atoms with van der Waals surface area (Å²) in [5.74, 6) is 0. The van der Waals surface area contributed by atoms with Crippen LogP contribution in [0.25, 0.3) is 0 Å². The number of unbranched alkanes of at least 4 members (excludes halogenated alkanes) is 8. The number of hydrogen-bond donors (Lipinski definition) is 1. The average Bonchev–Trinajstić information content (AvgIpc) is 2.25. The van der Waals surface area contributed by atoms with Crippen LogP contribution in [0.3, 0.4) is 0 Å². The lowest BCUT2D eigenvalue weighted by molar-refractivity contribution is 0.418. The van der Waals surface area contributed by atoms with E-state index in [2.05, 4.69) is 11.1 Å². The highest BCUT2D eigenvalue weighted by Gasteiger charge is 1.90. The normalized spacial score (nSPS) is 13.1. The summed E-state index contributed by atoms with van der Waals surface area (Å²) >= 11 is -2.17. The quantitative estimate of drug-likeness (QED) is 0.339. The molecular formula is C12H24O3S. The van der Waals surface area contributed by atoms with Crippen molar-refractivity contribution < 1.29 is 12.9 Å². The van der Waals surface area contributed by atoms with Gasteiger partial charge < -0.3 is 4.18 Å². The average molecular weight is 248 g/mol. The first kappa shape index (κ1) is 15.7. The van der Waals surface area contributed by atoms with Gasteiger partial charge in [0.05, 0.1) is 0 Å². The zero-order valence-corrected chi connectivity index (χ0v) is 11.0. The summed E-state index contributed by atoms with van der Waals surface area (Å²) in [4.78, 5) is 0. The molecule has 0 aromatic carbocycles. The minimum atomic E-state index is -2.17. The van der Waals surface area contributed by atoms with E-state index in [1.54, 1.807) is 6.08 Å². The summed E-state index contributed by atoms with van der Waals surface area (Å²) in [7, 11) is 0. The molecule has 16 heavy (non-hydrogen) atoms. The molecule has 1 unspecified atom stereocenters. The maximum Gasteiger partial charge on any atom is 0.356 e. The van der Waals surface area contributed by atoms with Gasteiger partial charge in [-0.15, -0.1) is 0 Å². The Kier molecular flexibility index (Phi) is 12.4. The minimum Gasteiger partial charge on any atom is -0.388 e. The zero-order valence-electron chi connectivity index (χ0n) is 10.2. The van der Waals surface area contributed by atoms with Crippen LogP contribution in [0.5, 0.6) is 0 Å². The lowest BCUT2D eigenvalue weighted by atomic mass is 10.1. The predicted octanol–water partition coefficient (Wildman–Crippen LogP) is 4.18. The number of hydrogen-bond acceptors (Lipinski definition) is 2. The second-order valence-corrected chi connectivity index (χ2v) is 4.58. The number of allylic oxidation sites excluding steroid dienone is 1. The van der Waals surface area contributed by atoms with Crippen molar-refractivity contribution in [3.05, 3.63) is 12.3 Å². The monoisotopic (exact) mass is 248 g/mol. The molecule has 0 aromatic rings. The van der Waals surface area contributed by atoms with Gasteiger partial charge in [0, 0.05) is 0 Å². The topological polar surface area (TPSA) is 46.5 Å². The van der Waals surface area contributed by atoms with E-state index in [1.807, 2.05) is 0 Å². The Hall–Kier alpha value is -0.350. The van der Waals surface area contributed by atoms with Crippen molar-refractivity contribution in [2.45, 2.75) is 64.7 Å². The first-order valence-electron chi connectivity index (χ1n) is 6.20. The molecule has 0 rings (SSSR count). The molecule has 0 aliphatic heterocycles. The maximum absolute atomic E-state index is 10.1. The van der Waals surface area contributed by atoms with Gasteiger partial charge in [-0.25, -0.2) is 0 Å². The van der Waals surface area contributed by atoms with Crippen LogP contribution in [-0.4, -0.2) is 8.76 Å². The van der Waals surface area contributed by atoms with Gasteiger partial charge in [-0.3, -0.25) is 4.55 Å². The summed E-state index contributed by atoms with van der Waals surface area (Å²) in [6.45, 7) is 2.23. The Morgan fingerprint density at radius 1 is 1.06 bits per heavy atom. The molecule has 3 nitrogen and oxygen atoms in total. The third-order valence-electron chi connectivity index (χ3n) is 2.46. The Bertz CT molecular complexity index is 193. The molecule has 1 atom stereocenters. The molecular weight excluding hydrogens is 224 g/mol. The van der Waals surface area contributed by atoms with Crippen molar-refractivity contribution in [1.29, 1.82) is 0 Å². The maximum atomic E-state index is 10.1. The van der Waals surface area contributed by atoms with E-state index in [0.29, 0.717) is 0 Å². The zero-order chi connectivity index (χ0) is 12.1. The molecule has 0 bridgehead atoms. The lowest BCUT2D eigenvalue weighted by Gasteiger charge is -1.99. The van der Waals surface area contributed by atoms with Gasteiger partial charge in [0.2, 0.25) is 0 Å². The molecule has 0 radical (unpaired) electrons. The summed E-state index contributed by atoms with van der Waals surface area (Å²) in [5, 5.41) is 0. The van der Waals surface area contributed by atoms with E-state index in [-0.39, 0.29) is 0 Å². The Labute approximate surface area is 102 Å². The summed E-state index contributed by atoms with van der Waals surface area (Å²) in [5.41, 5.74) is 0. The Balaban J connectivity index is 3.03. The van der Waals surface area contributed by atoms with Crippen LogP contribution in [0.15, 0.2) is 12.3 Å². The van der Waals surface area contributed by atoms with Gasteiger partial charge in [0.1, 0.15) is 6.26 Å². The summed E-state index contributed by atoms with van der Waals surface area (Å²) in [6.07, 6.45) is 14.4. The first-order valence-corrected chi connectivity index (χ1v) is 7.23.